The topological polar surface area (TPSA) is 143 Å². The molecule has 0 bridgehead atoms. The first-order valence-corrected chi connectivity index (χ1v) is 14.4. The summed E-state index contributed by atoms with van der Waals surface area (Å²) in [5.41, 5.74) is -0.739. The number of ether oxygens (including phenoxy) is 3. The molecule has 4 aliphatic carbocycles. The Morgan fingerprint density at radius 1 is 1.00 bits per heavy atom. The van der Waals surface area contributed by atoms with Crippen LogP contribution in [0.5, 0.6) is 0 Å². The van der Waals surface area contributed by atoms with Crippen molar-refractivity contribution in [2.75, 3.05) is 6.61 Å². The molecule has 0 spiro atoms. The third-order valence-corrected chi connectivity index (χ3v) is 11.9. The second-order valence-corrected chi connectivity index (χ2v) is 13.2. The summed E-state index contributed by atoms with van der Waals surface area (Å²) in [5, 5.41) is 42.9. The Hall–Kier alpha value is -1.36. The molecular weight excluding hydrogens is 492 g/mol. The summed E-state index contributed by atoms with van der Waals surface area (Å²) in [6.07, 6.45) is 3.80. The fraction of sp³-hybridized carbons (Fsp3) is 0.862. The van der Waals surface area contributed by atoms with E-state index in [-0.39, 0.29) is 41.2 Å². The number of cyclic esters (lactones) is 1. The smallest absolute Gasteiger partial charge is 0.331 e. The van der Waals surface area contributed by atoms with Gasteiger partial charge in [-0.05, 0) is 94.0 Å². The van der Waals surface area contributed by atoms with E-state index in [0.717, 1.165) is 37.7 Å². The monoisotopic (exact) mass is 534 g/mol. The van der Waals surface area contributed by atoms with Gasteiger partial charge in [-0.1, -0.05) is 6.92 Å². The van der Waals surface area contributed by atoms with E-state index < -0.39 is 41.7 Å². The van der Waals surface area contributed by atoms with Gasteiger partial charge in [0, 0.05) is 16.9 Å². The van der Waals surface area contributed by atoms with Gasteiger partial charge in [-0.3, -0.25) is 0 Å². The van der Waals surface area contributed by atoms with E-state index in [2.05, 4.69) is 6.92 Å². The van der Waals surface area contributed by atoms with Crippen LogP contribution < -0.4 is 0 Å². The molecule has 5 fully saturated rings. The molecule has 2 heterocycles. The van der Waals surface area contributed by atoms with Crippen molar-refractivity contribution in [1.82, 2.24) is 0 Å². The Bertz CT molecular complexity index is 999. The van der Waals surface area contributed by atoms with E-state index in [9.17, 15) is 30.0 Å². The molecule has 0 radical (unpaired) electrons. The molecule has 4 saturated carbocycles. The van der Waals surface area contributed by atoms with Gasteiger partial charge in [-0.2, -0.15) is 0 Å². The number of esters is 1. The van der Waals surface area contributed by atoms with Crippen LogP contribution in [0.25, 0.3) is 0 Å². The van der Waals surface area contributed by atoms with Crippen molar-refractivity contribution < 1.29 is 44.2 Å². The van der Waals surface area contributed by atoms with Crippen LogP contribution in [0.4, 0.5) is 0 Å². The van der Waals surface area contributed by atoms with E-state index in [4.69, 9.17) is 14.2 Å². The minimum absolute atomic E-state index is 0.0322. The van der Waals surface area contributed by atoms with Crippen LogP contribution in [0.15, 0.2) is 11.6 Å². The molecule has 9 heteroatoms. The normalized spacial score (nSPS) is 54.4. The Kier molecular flexibility index (Phi) is 6.60. The van der Waals surface area contributed by atoms with Gasteiger partial charge in [0.05, 0.1) is 17.8 Å². The lowest BCUT2D eigenvalue weighted by molar-refractivity contribution is -0.309. The van der Waals surface area contributed by atoms with Crippen LogP contribution >= 0.6 is 0 Å². The fourth-order valence-electron chi connectivity index (χ4n) is 9.73. The van der Waals surface area contributed by atoms with E-state index in [1.807, 2.05) is 0 Å². The minimum atomic E-state index is -1.34. The van der Waals surface area contributed by atoms with Gasteiger partial charge in [0.25, 0.3) is 0 Å². The highest BCUT2D eigenvalue weighted by Crippen LogP contribution is 2.69. The quantitative estimate of drug-likeness (QED) is 0.240. The summed E-state index contributed by atoms with van der Waals surface area (Å²) >= 11 is 0. The standard InChI is InChI=1S/C29H42O9/c1-15-23(32)24(33)25(34)26(37-15)38-18-5-9-28(14-30)17(12-18)3-4-21-20(28)6-8-27(2)19(7-10-29(21,27)35)16-11-22(31)36-13-16/h11,14-15,17-21,23-26,32-35H,3-10,12-13H2,1-2H3/t15-,17+,18-,19+,20-,21+,23-,24-,25+,26+,27+,28+,29-/m0/s1. The van der Waals surface area contributed by atoms with E-state index in [1.165, 1.54) is 6.29 Å². The number of aliphatic hydroxyl groups excluding tert-OH is 3. The maximum absolute atomic E-state index is 12.9. The maximum atomic E-state index is 12.9. The first-order valence-electron chi connectivity index (χ1n) is 14.4. The van der Waals surface area contributed by atoms with Crippen LogP contribution in [-0.2, 0) is 23.8 Å². The van der Waals surface area contributed by atoms with Crippen molar-refractivity contribution in [2.24, 2.45) is 34.5 Å². The van der Waals surface area contributed by atoms with Gasteiger partial charge in [-0.25, -0.2) is 4.79 Å². The number of carbonyl (C=O) groups excluding carboxylic acids is 2. The highest BCUT2D eigenvalue weighted by Gasteiger charge is 2.68. The van der Waals surface area contributed by atoms with E-state index in [1.54, 1.807) is 13.0 Å². The molecule has 13 atom stereocenters. The summed E-state index contributed by atoms with van der Waals surface area (Å²) in [4.78, 5) is 24.7. The van der Waals surface area contributed by atoms with Crippen molar-refractivity contribution >= 4 is 12.3 Å². The first kappa shape index (κ1) is 26.8. The van der Waals surface area contributed by atoms with Crippen molar-refractivity contribution in [2.45, 2.75) is 114 Å². The average molecular weight is 535 g/mol. The molecule has 9 nitrogen and oxygen atoms in total. The van der Waals surface area contributed by atoms with Gasteiger partial charge >= 0.3 is 5.97 Å². The molecule has 6 rings (SSSR count). The molecule has 0 amide bonds. The zero-order chi connectivity index (χ0) is 27.0. The molecule has 0 aromatic carbocycles. The molecule has 2 aliphatic heterocycles. The minimum Gasteiger partial charge on any atom is -0.458 e. The second-order valence-electron chi connectivity index (χ2n) is 13.2. The summed E-state index contributed by atoms with van der Waals surface area (Å²) in [7, 11) is 0. The van der Waals surface area contributed by atoms with Crippen LogP contribution in [0.3, 0.4) is 0 Å². The fourth-order valence-corrected chi connectivity index (χ4v) is 9.73. The predicted octanol–water partition coefficient (Wildman–Crippen LogP) is 1.64. The lowest BCUT2D eigenvalue weighted by Gasteiger charge is -2.63. The number of aliphatic hydroxyl groups is 4. The summed E-state index contributed by atoms with van der Waals surface area (Å²) in [6.45, 7) is 4.13. The summed E-state index contributed by atoms with van der Waals surface area (Å²) < 4.78 is 17.0. The Morgan fingerprint density at radius 2 is 1.79 bits per heavy atom. The molecule has 1 saturated heterocycles. The van der Waals surface area contributed by atoms with E-state index >= 15 is 0 Å². The number of fused-ring (bicyclic) bond motifs is 5. The van der Waals surface area contributed by atoms with E-state index in [0.29, 0.717) is 32.3 Å². The van der Waals surface area contributed by atoms with Crippen LogP contribution in [0, 0.1) is 34.5 Å². The number of rotatable bonds is 4. The number of hydrogen-bond donors (Lipinski definition) is 4. The SMILES string of the molecule is C[C@@H]1O[C@H](O[C@H]2CC[C@@]3(C=O)[C@H](CC[C@@H]4[C@@H]3CC[C@]3(C)[C@@H](C5=CC(=O)OC5)CC[C@]43O)C2)[C@H](O)[C@@H](O)[C@H]1O. The third kappa shape index (κ3) is 3.72. The highest BCUT2D eigenvalue weighted by atomic mass is 16.7. The predicted molar refractivity (Wildman–Crippen MR) is 133 cm³/mol. The van der Waals surface area contributed by atoms with Gasteiger partial charge in [0.2, 0.25) is 0 Å². The Balaban J connectivity index is 1.19. The second kappa shape index (κ2) is 9.35. The molecule has 0 aromatic heterocycles. The molecule has 6 aliphatic rings. The maximum Gasteiger partial charge on any atom is 0.331 e. The largest absolute Gasteiger partial charge is 0.458 e. The van der Waals surface area contributed by atoms with Crippen LogP contribution in [0.1, 0.15) is 71.6 Å². The van der Waals surface area contributed by atoms with Crippen molar-refractivity contribution in [1.29, 1.82) is 0 Å². The zero-order valence-electron chi connectivity index (χ0n) is 22.3. The Morgan fingerprint density at radius 3 is 2.50 bits per heavy atom. The van der Waals surface area contributed by atoms with Gasteiger partial charge < -0.3 is 39.4 Å². The van der Waals surface area contributed by atoms with Crippen molar-refractivity contribution in [3.05, 3.63) is 11.6 Å². The molecule has 0 aromatic rings. The van der Waals surface area contributed by atoms with Gasteiger partial charge in [0.15, 0.2) is 6.29 Å². The molecule has 0 unspecified atom stereocenters. The van der Waals surface area contributed by atoms with Gasteiger partial charge in [-0.15, -0.1) is 0 Å². The lowest BCUT2D eigenvalue weighted by Crippen LogP contribution is -2.63. The third-order valence-electron chi connectivity index (χ3n) is 11.9. The lowest BCUT2D eigenvalue weighted by atomic mass is 9.43. The first-order chi connectivity index (χ1) is 18.0. The molecular formula is C29H42O9. The number of carbonyl (C=O) groups is 2. The Labute approximate surface area is 223 Å². The van der Waals surface area contributed by atoms with Crippen molar-refractivity contribution in [3.8, 4) is 0 Å². The van der Waals surface area contributed by atoms with Crippen LogP contribution in [0.2, 0.25) is 0 Å². The van der Waals surface area contributed by atoms with Crippen molar-refractivity contribution in [3.63, 3.8) is 0 Å². The molecule has 212 valence electrons. The number of hydrogen-bond acceptors (Lipinski definition) is 9. The zero-order valence-corrected chi connectivity index (χ0v) is 22.3. The molecule has 4 N–H and O–H groups in total. The number of aldehydes is 1. The highest BCUT2D eigenvalue weighted by molar-refractivity contribution is 5.85. The van der Waals surface area contributed by atoms with Crippen LogP contribution in [-0.4, -0.2) is 81.7 Å². The van der Waals surface area contributed by atoms with Gasteiger partial charge in [0.1, 0.15) is 31.2 Å². The average Bonchev–Trinajstić information content (AvgIpc) is 3.45. The molecule has 38 heavy (non-hydrogen) atoms. The summed E-state index contributed by atoms with van der Waals surface area (Å²) in [5.74, 6) is 0.0678. The summed E-state index contributed by atoms with van der Waals surface area (Å²) in [6, 6.07) is 0.